The number of carbonyl (C=O) groups excluding carboxylic acids is 1. The summed E-state index contributed by atoms with van der Waals surface area (Å²) in [6, 6.07) is 7.73. The SMILES string of the molecule is CC1CCCC1C(=O)NCc1ccc(C#CCO)cc1. The van der Waals surface area contributed by atoms with Crippen LogP contribution < -0.4 is 5.32 Å². The summed E-state index contributed by atoms with van der Waals surface area (Å²) in [7, 11) is 0. The standard InChI is InChI=1S/C17H21NO2/c1-13-4-2-6-16(13)17(20)18-12-15-9-7-14(8-10-15)5-3-11-19/h7-10,13,16,19H,2,4,6,11-12H2,1H3,(H,18,20). The minimum absolute atomic E-state index is 0.128. The molecule has 3 nitrogen and oxygen atoms in total. The minimum atomic E-state index is -0.128. The Morgan fingerprint density at radius 3 is 2.70 bits per heavy atom. The second-order valence-electron chi connectivity index (χ2n) is 5.39. The predicted octanol–water partition coefficient (Wildman–Crippen LogP) is 2.08. The topological polar surface area (TPSA) is 49.3 Å². The smallest absolute Gasteiger partial charge is 0.223 e. The van der Waals surface area contributed by atoms with E-state index < -0.39 is 0 Å². The lowest BCUT2D eigenvalue weighted by molar-refractivity contribution is -0.126. The lowest BCUT2D eigenvalue weighted by atomic mass is 9.97. The number of hydrogen-bond acceptors (Lipinski definition) is 2. The van der Waals surface area contributed by atoms with Gasteiger partial charge in [0.25, 0.3) is 0 Å². The summed E-state index contributed by atoms with van der Waals surface area (Å²) in [5.74, 6) is 6.33. The second kappa shape index (κ2) is 7.12. The second-order valence-corrected chi connectivity index (χ2v) is 5.39. The normalized spacial score (nSPS) is 21.1. The largest absolute Gasteiger partial charge is 0.384 e. The number of aliphatic hydroxyl groups is 1. The molecule has 2 atom stereocenters. The summed E-state index contributed by atoms with van der Waals surface area (Å²) in [6.45, 7) is 2.60. The molecule has 1 aromatic rings. The molecule has 3 heteroatoms. The van der Waals surface area contributed by atoms with Gasteiger partial charge in [0.2, 0.25) is 5.91 Å². The van der Waals surface area contributed by atoms with Crippen molar-refractivity contribution in [3.05, 3.63) is 35.4 Å². The van der Waals surface area contributed by atoms with Gasteiger partial charge in [-0.15, -0.1) is 0 Å². The van der Waals surface area contributed by atoms with Crippen LogP contribution in [0.5, 0.6) is 0 Å². The lowest BCUT2D eigenvalue weighted by Crippen LogP contribution is -2.31. The molecule has 0 saturated heterocycles. The fourth-order valence-electron chi connectivity index (χ4n) is 2.70. The van der Waals surface area contributed by atoms with Crippen LogP contribution in [0, 0.1) is 23.7 Å². The first-order chi connectivity index (χ1) is 9.70. The molecule has 0 radical (unpaired) electrons. The summed E-state index contributed by atoms with van der Waals surface area (Å²) in [4.78, 5) is 12.1. The van der Waals surface area contributed by atoms with Crippen LogP contribution in [-0.4, -0.2) is 17.6 Å². The molecule has 2 unspecified atom stereocenters. The third-order valence-corrected chi connectivity index (χ3v) is 3.93. The molecule has 1 aromatic carbocycles. The fourth-order valence-corrected chi connectivity index (χ4v) is 2.70. The van der Waals surface area contributed by atoms with Gasteiger partial charge in [-0.05, 0) is 36.5 Å². The molecule has 0 heterocycles. The number of amides is 1. The minimum Gasteiger partial charge on any atom is -0.384 e. The average molecular weight is 271 g/mol. The van der Waals surface area contributed by atoms with Crippen molar-refractivity contribution in [3.8, 4) is 11.8 Å². The van der Waals surface area contributed by atoms with E-state index in [4.69, 9.17) is 5.11 Å². The number of hydrogen-bond donors (Lipinski definition) is 2. The maximum absolute atomic E-state index is 12.1. The van der Waals surface area contributed by atoms with Crippen molar-refractivity contribution in [2.24, 2.45) is 11.8 Å². The Bertz CT molecular complexity index is 510. The van der Waals surface area contributed by atoms with Crippen molar-refractivity contribution in [2.75, 3.05) is 6.61 Å². The zero-order chi connectivity index (χ0) is 14.4. The van der Waals surface area contributed by atoms with Crippen LogP contribution in [0.3, 0.4) is 0 Å². The van der Waals surface area contributed by atoms with Crippen molar-refractivity contribution in [3.63, 3.8) is 0 Å². The Morgan fingerprint density at radius 1 is 1.35 bits per heavy atom. The van der Waals surface area contributed by atoms with Gasteiger partial charge in [-0.1, -0.05) is 37.3 Å². The molecule has 1 saturated carbocycles. The number of nitrogens with one attached hydrogen (secondary N) is 1. The Balaban J connectivity index is 1.86. The lowest BCUT2D eigenvalue weighted by Gasteiger charge is -2.15. The van der Waals surface area contributed by atoms with E-state index >= 15 is 0 Å². The molecule has 2 rings (SSSR count). The summed E-state index contributed by atoms with van der Waals surface area (Å²) in [5, 5.41) is 11.7. The van der Waals surface area contributed by atoms with Gasteiger partial charge < -0.3 is 10.4 Å². The zero-order valence-corrected chi connectivity index (χ0v) is 11.9. The van der Waals surface area contributed by atoms with Crippen molar-refractivity contribution >= 4 is 5.91 Å². The Morgan fingerprint density at radius 2 is 2.10 bits per heavy atom. The van der Waals surface area contributed by atoms with E-state index in [1.807, 2.05) is 24.3 Å². The van der Waals surface area contributed by atoms with E-state index in [2.05, 4.69) is 24.1 Å². The molecule has 1 aliphatic rings. The molecular formula is C17H21NO2. The first kappa shape index (κ1) is 14.6. The van der Waals surface area contributed by atoms with E-state index in [0.29, 0.717) is 12.5 Å². The number of benzene rings is 1. The van der Waals surface area contributed by atoms with Gasteiger partial charge in [-0.2, -0.15) is 0 Å². The van der Waals surface area contributed by atoms with Crippen LogP contribution in [0.4, 0.5) is 0 Å². The number of carbonyl (C=O) groups is 1. The van der Waals surface area contributed by atoms with Gasteiger partial charge >= 0.3 is 0 Å². The predicted molar refractivity (Wildman–Crippen MR) is 78.8 cm³/mol. The summed E-state index contributed by atoms with van der Waals surface area (Å²) in [5.41, 5.74) is 1.94. The fraction of sp³-hybridized carbons (Fsp3) is 0.471. The Hall–Kier alpha value is -1.79. The van der Waals surface area contributed by atoms with Crippen LogP contribution in [0.1, 0.15) is 37.3 Å². The van der Waals surface area contributed by atoms with Crippen LogP contribution in [0.25, 0.3) is 0 Å². The molecule has 0 spiro atoms. The van der Waals surface area contributed by atoms with Crippen LogP contribution in [-0.2, 0) is 11.3 Å². The third kappa shape index (κ3) is 3.85. The molecule has 0 aliphatic heterocycles. The molecule has 2 N–H and O–H groups in total. The van der Waals surface area contributed by atoms with Gasteiger partial charge in [0.1, 0.15) is 6.61 Å². The van der Waals surface area contributed by atoms with E-state index in [-0.39, 0.29) is 18.4 Å². The molecule has 20 heavy (non-hydrogen) atoms. The Labute approximate surface area is 120 Å². The van der Waals surface area contributed by atoms with Gasteiger partial charge in [0, 0.05) is 18.0 Å². The first-order valence-electron chi connectivity index (χ1n) is 7.17. The molecule has 1 aliphatic carbocycles. The van der Waals surface area contributed by atoms with Crippen molar-refractivity contribution in [2.45, 2.75) is 32.7 Å². The molecule has 1 amide bonds. The van der Waals surface area contributed by atoms with Crippen LogP contribution >= 0.6 is 0 Å². The van der Waals surface area contributed by atoms with Gasteiger partial charge in [-0.25, -0.2) is 0 Å². The van der Waals surface area contributed by atoms with Crippen molar-refractivity contribution in [1.29, 1.82) is 0 Å². The number of rotatable bonds is 3. The maximum atomic E-state index is 12.1. The highest BCUT2D eigenvalue weighted by Gasteiger charge is 2.29. The number of aliphatic hydroxyl groups excluding tert-OH is 1. The highest BCUT2D eigenvalue weighted by atomic mass is 16.2. The summed E-state index contributed by atoms with van der Waals surface area (Å²) in [6.07, 6.45) is 3.34. The van der Waals surface area contributed by atoms with Gasteiger partial charge in [-0.3, -0.25) is 4.79 Å². The monoisotopic (exact) mass is 271 g/mol. The summed E-state index contributed by atoms with van der Waals surface area (Å²) < 4.78 is 0. The third-order valence-electron chi connectivity index (χ3n) is 3.93. The highest BCUT2D eigenvalue weighted by molar-refractivity contribution is 5.79. The summed E-state index contributed by atoms with van der Waals surface area (Å²) >= 11 is 0. The van der Waals surface area contributed by atoms with Crippen molar-refractivity contribution in [1.82, 2.24) is 5.32 Å². The molecule has 0 aromatic heterocycles. The zero-order valence-electron chi connectivity index (χ0n) is 11.9. The van der Waals surface area contributed by atoms with E-state index in [1.165, 1.54) is 0 Å². The molecular weight excluding hydrogens is 250 g/mol. The average Bonchev–Trinajstić information content (AvgIpc) is 2.90. The van der Waals surface area contributed by atoms with Gasteiger partial charge in [0.15, 0.2) is 0 Å². The van der Waals surface area contributed by atoms with E-state index in [0.717, 1.165) is 30.4 Å². The van der Waals surface area contributed by atoms with E-state index in [9.17, 15) is 4.79 Å². The quantitative estimate of drug-likeness (QED) is 0.827. The van der Waals surface area contributed by atoms with Crippen LogP contribution in [0.2, 0.25) is 0 Å². The van der Waals surface area contributed by atoms with Gasteiger partial charge in [0.05, 0.1) is 0 Å². The molecule has 1 fully saturated rings. The molecule has 0 bridgehead atoms. The first-order valence-corrected chi connectivity index (χ1v) is 7.17. The van der Waals surface area contributed by atoms with Crippen LogP contribution in [0.15, 0.2) is 24.3 Å². The van der Waals surface area contributed by atoms with E-state index in [1.54, 1.807) is 0 Å². The molecule has 106 valence electrons. The highest BCUT2D eigenvalue weighted by Crippen LogP contribution is 2.31. The van der Waals surface area contributed by atoms with Crippen molar-refractivity contribution < 1.29 is 9.90 Å². The Kier molecular flexibility index (Phi) is 5.20. The maximum Gasteiger partial charge on any atom is 0.223 e.